The molecule has 2 aromatic heterocycles. The molecule has 0 radical (unpaired) electrons. The third-order valence-corrected chi connectivity index (χ3v) is 4.08. The lowest BCUT2D eigenvalue weighted by atomic mass is 10.1. The van der Waals surface area contributed by atoms with Gasteiger partial charge in [0.25, 0.3) is 5.56 Å². The molecule has 0 saturated carbocycles. The van der Waals surface area contributed by atoms with Crippen LogP contribution < -0.4 is 10.5 Å². The van der Waals surface area contributed by atoms with E-state index in [0.717, 1.165) is 4.68 Å². The molecule has 2 heterocycles. The highest BCUT2D eigenvalue weighted by Gasteiger charge is 2.21. The van der Waals surface area contributed by atoms with Crippen LogP contribution in [0.5, 0.6) is 0 Å². The fourth-order valence-corrected chi connectivity index (χ4v) is 2.88. The van der Waals surface area contributed by atoms with Gasteiger partial charge in [-0.2, -0.15) is 5.10 Å². The molecule has 0 aliphatic carbocycles. The first-order valence-electron chi connectivity index (χ1n) is 8.21. The number of aromatic nitrogens is 3. The summed E-state index contributed by atoms with van der Waals surface area (Å²) in [5, 5.41) is 14.0. The number of benzene rings is 1. The highest BCUT2D eigenvalue weighted by molar-refractivity contribution is 6.31. The lowest BCUT2D eigenvalue weighted by Crippen LogP contribution is -2.34. The van der Waals surface area contributed by atoms with Crippen molar-refractivity contribution in [2.75, 3.05) is 11.5 Å². The summed E-state index contributed by atoms with van der Waals surface area (Å²) in [7, 11) is 0. The quantitative estimate of drug-likeness (QED) is 0.730. The van der Waals surface area contributed by atoms with Crippen molar-refractivity contribution in [2.24, 2.45) is 0 Å². The Hall–Kier alpha value is -3.03. The van der Waals surface area contributed by atoms with E-state index < -0.39 is 5.56 Å². The summed E-state index contributed by atoms with van der Waals surface area (Å²) in [6.07, 6.45) is 3.24. The maximum atomic E-state index is 12.9. The number of nitrogens with zero attached hydrogens (tertiary/aromatic N) is 4. The molecule has 1 aromatic carbocycles. The number of rotatable bonds is 5. The third kappa shape index (κ3) is 4.05. The summed E-state index contributed by atoms with van der Waals surface area (Å²) in [6, 6.07) is 11.7. The Labute approximate surface area is 160 Å². The molecule has 3 aromatic rings. The van der Waals surface area contributed by atoms with Gasteiger partial charge in [-0.15, -0.1) is 0 Å². The molecule has 1 N–H and O–H groups in total. The minimum absolute atomic E-state index is 0.00122. The van der Waals surface area contributed by atoms with Gasteiger partial charge in [0.05, 0.1) is 24.5 Å². The number of halogens is 1. The molecule has 0 aliphatic rings. The van der Waals surface area contributed by atoms with Crippen molar-refractivity contribution in [3.05, 3.63) is 70.2 Å². The fraction of sp³-hybridized carbons (Fsp3) is 0.158. The van der Waals surface area contributed by atoms with E-state index in [1.807, 2.05) is 0 Å². The van der Waals surface area contributed by atoms with Crippen molar-refractivity contribution >= 4 is 28.9 Å². The smallest absolute Gasteiger partial charge is 0.291 e. The minimum atomic E-state index is -0.494. The van der Waals surface area contributed by atoms with Crippen LogP contribution in [0.15, 0.2) is 59.7 Å². The van der Waals surface area contributed by atoms with E-state index in [1.165, 1.54) is 17.9 Å². The van der Waals surface area contributed by atoms with Crippen molar-refractivity contribution in [1.29, 1.82) is 0 Å². The number of carbonyl (C=O) groups excluding carboxylic acids is 1. The summed E-state index contributed by atoms with van der Waals surface area (Å²) in [4.78, 5) is 30.6. The Morgan fingerprint density at radius 2 is 2.07 bits per heavy atom. The van der Waals surface area contributed by atoms with E-state index in [2.05, 4.69) is 10.1 Å². The summed E-state index contributed by atoms with van der Waals surface area (Å²) < 4.78 is 1.14. The highest BCUT2D eigenvalue weighted by Crippen LogP contribution is 2.27. The van der Waals surface area contributed by atoms with Crippen molar-refractivity contribution in [2.45, 2.75) is 13.5 Å². The van der Waals surface area contributed by atoms with Gasteiger partial charge in [-0.1, -0.05) is 17.7 Å². The maximum Gasteiger partial charge on any atom is 0.291 e. The molecule has 0 saturated heterocycles. The van der Waals surface area contributed by atoms with Gasteiger partial charge in [0.15, 0.2) is 0 Å². The number of anilines is 2. The molecular weight excluding hydrogens is 368 g/mol. The number of amides is 1. The van der Waals surface area contributed by atoms with Crippen molar-refractivity contribution in [3.8, 4) is 11.3 Å². The van der Waals surface area contributed by atoms with Crippen LogP contribution in [0.2, 0.25) is 5.02 Å². The summed E-state index contributed by atoms with van der Waals surface area (Å²) in [6.45, 7) is 1.10. The molecule has 1 amide bonds. The molecule has 0 atom stereocenters. The number of pyridine rings is 1. The number of aliphatic hydroxyl groups is 1. The number of carbonyl (C=O) groups is 1. The number of aliphatic hydroxyl groups excluding tert-OH is 1. The average Bonchev–Trinajstić information content (AvgIpc) is 2.65. The van der Waals surface area contributed by atoms with Gasteiger partial charge in [0.1, 0.15) is 5.69 Å². The molecule has 0 fully saturated rings. The van der Waals surface area contributed by atoms with E-state index in [1.54, 1.807) is 48.8 Å². The summed E-state index contributed by atoms with van der Waals surface area (Å²) in [5.74, 6) is -0.353. The van der Waals surface area contributed by atoms with Crippen LogP contribution in [0.1, 0.15) is 6.92 Å². The van der Waals surface area contributed by atoms with Crippen LogP contribution >= 0.6 is 11.6 Å². The van der Waals surface area contributed by atoms with Gasteiger partial charge in [0.2, 0.25) is 5.91 Å². The highest BCUT2D eigenvalue weighted by atomic mass is 35.5. The van der Waals surface area contributed by atoms with Gasteiger partial charge >= 0.3 is 0 Å². The molecule has 8 heteroatoms. The Kier molecular flexibility index (Phi) is 5.63. The van der Waals surface area contributed by atoms with Crippen molar-refractivity contribution < 1.29 is 9.90 Å². The first-order valence-corrected chi connectivity index (χ1v) is 8.58. The number of hydrogen-bond acceptors (Lipinski definition) is 5. The van der Waals surface area contributed by atoms with Crippen LogP contribution in [0, 0.1) is 0 Å². The minimum Gasteiger partial charge on any atom is -0.394 e. The van der Waals surface area contributed by atoms with E-state index in [4.69, 9.17) is 11.6 Å². The second-order valence-corrected chi connectivity index (χ2v) is 6.18. The Bertz CT molecular complexity index is 1020. The predicted molar refractivity (Wildman–Crippen MR) is 103 cm³/mol. The second-order valence-electron chi connectivity index (χ2n) is 5.74. The molecule has 0 bridgehead atoms. The molecule has 27 heavy (non-hydrogen) atoms. The van der Waals surface area contributed by atoms with Gasteiger partial charge in [-0.25, -0.2) is 4.68 Å². The van der Waals surface area contributed by atoms with Crippen LogP contribution in [0.4, 0.5) is 11.4 Å². The molecule has 0 spiro atoms. The van der Waals surface area contributed by atoms with E-state index in [-0.39, 0.29) is 24.7 Å². The van der Waals surface area contributed by atoms with E-state index in [9.17, 15) is 14.7 Å². The maximum absolute atomic E-state index is 12.9. The SMILES string of the molecule is CC(=O)N(c1cccc(Cl)c1)c1cc(-c2cccnc2)nn(CCO)c1=O. The van der Waals surface area contributed by atoms with Crippen molar-refractivity contribution in [3.63, 3.8) is 0 Å². The Morgan fingerprint density at radius 1 is 1.26 bits per heavy atom. The van der Waals surface area contributed by atoms with E-state index in [0.29, 0.717) is 22.0 Å². The normalized spacial score (nSPS) is 10.6. The van der Waals surface area contributed by atoms with E-state index >= 15 is 0 Å². The zero-order chi connectivity index (χ0) is 19.4. The first-order chi connectivity index (χ1) is 13.0. The van der Waals surface area contributed by atoms with Crippen LogP contribution in [0.25, 0.3) is 11.3 Å². The average molecular weight is 385 g/mol. The largest absolute Gasteiger partial charge is 0.394 e. The molecule has 0 unspecified atom stereocenters. The zero-order valence-corrected chi connectivity index (χ0v) is 15.3. The topological polar surface area (TPSA) is 88.3 Å². The lowest BCUT2D eigenvalue weighted by molar-refractivity contribution is -0.115. The standard InChI is InChI=1S/C19H17ClN4O3/c1-13(26)24(16-6-2-5-15(20)10-16)18-11-17(14-4-3-7-21-12-14)22-23(8-9-25)19(18)27/h2-7,10-12,25H,8-9H2,1H3. The molecule has 3 rings (SSSR count). The lowest BCUT2D eigenvalue weighted by Gasteiger charge is -2.22. The molecule has 7 nitrogen and oxygen atoms in total. The third-order valence-electron chi connectivity index (χ3n) is 3.85. The predicted octanol–water partition coefficient (Wildman–Crippen LogP) is 2.64. The van der Waals surface area contributed by atoms with Gasteiger partial charge < -0.3 is 5.11 Å². The summed E-state index contributed by atoms with van der Waals surface area (Å²) in [5.41, 5.74) is 1.23. The van der Waals surface area contributed by atoms with Crippen LogP contribution in [0.3, 0.4) is 0 Å². The number of hydrogen-bond donors (Lipinski definition) is 1. The monoisotopic (exact) mass is 384 g/mol. The molecular formula is C19H17ClN4O3. The van der Waals surface area contributed by atoms with Crippen LogP contribution in [-0.2, 0) is 11.3 Å². The summed E-state index contributed by atoms with van der Waals surface area (Å²) >= 11 is 6.05. The second kappa shape index (κ2) is 8.11. The molecule has 138 valence electrons. The van der Waals surface area contributed by atoms with Crippen molar-refractivity contribution in [1.82, 2.24) is 14.8 Å². The van der Waals surface area contributed by atoms with Gasteiger partial charge in [-0.05, 0) is 36.4 Å². The Morgan fingerprint density at radius 3 is 2.70 bits per heavy atom. The van der Waals surface area contributed by atoms with Crippen LogP contribution in [-0.4, -0.2) is 32.4 Å². The van der Waals surface area contributed by atoms with Gasteiger partial charge in [0, 0.05) is 29.9 Å². The van der Waals surface area contributed by atoms with Gasteiger partial charge in [-0.3, -0.25) is 19.5 Å². The molecule has 0 aliphatic heterocycles. The Balaban J connectivity index is 2.24. The fourth-order valence-electron chi connectivity index (χ4n) is 2.70. The first kappa shape index (κ1) is 18.8. The zero-order valence-electron chi connectivity index (χ0n) is 14.5.